The lowest BCUT2D eigenvalue weighted by Gasteiger charge is -2.30. The molecule has 160 valence electrons. The number of amides is 1. The number of hydrogen-bond acceptors (Lipinski definition) is 4. The first kappa shape index (κ1) is 21.8. The van der Waals surface area contributed by atoms with Crippen LogP contribution in [-0.4, -0.2) is 39.6 Å². The van der Waals surface area contributed by atoms with Crippen LogP contribution in [0.4, 0.5) is 13.2 Å². The summed E-state index contributed by atoms with van der Waals surface area (Å²) >= 11 is 1.54. The van der Waals surface area contributed by atoms with Crippen LogP contribution in [0.1, 0.15) is 50.5 Å². The first-order valence-electron chi connectivity index (χ1n) is 9.79. The van der Waals surface area contributed by atoms with Gasteiger partial charge in [0.25, 0.3) is 5.56 Å². The van der Waals surface area contributed by atoms with Crippen LogP contribution in [-0.2, 0) is 24.2 Å². The number of aromatic nitrogens is 2. The van der Waals surface area contributed by atoms with Crippen LogP contribution >= 0.6 is 11.3 Å². The molecule has 0 unspecified atom stereocenters. The highest BCUT2D eigenvalue weighted by Gasteiger charge is 2.34. The number of halogens is 3. The summed E-state index contributed by atoms with van der Waals surface area (Å²) < 4.78 is 40.1. The Morgan fingerprint density at radius 1 is 1.21 bits per heavy atom. The summed E-state index contributed by atoms with van der Waals surface area (Å²) in [5, 5.41) is 0.612. The van der Waals surface area contributed by atoms with E-state index in [0.717, 1.165) is 36.1 Å². The Bertz CT molecular complexity index is 941. The normalized spacial score (nSPS) is 14.8. The molecule has 0 spiro atoms. The zero-order valence-corrected chi connectivity index (χ0v) is 17.8. The van der Waals surface area contributed by atoms with Gasteiger partial charge in [0.05, 0.1) is 11.7 Å². The molecule has 2 aromatic rings. The maximum absolute atomic E-state index is 12.9. The first-order valence-corrected chi connectivity index (χ1v) is 10.6. The van der Waals surface area contributed by atoms with Crippen LogP contribution in [0.15, 0.2) is 11.1 Å². The van der Waals surface area contributed by atoms with Crippen molar-refractivity contribution in [3.8, 4) is 0 Å². The molecule has 2 heterocycles. The molecule has 1 amide bonds. The van der Waals surface area contributed by atoms with Crippen LogP contribution in [0.25, 0.3) is 10.2 Å². The third-order valence-corrected chi connectivity index (χ3v) is 6.10. The van der Waals surface area contributed by atoms with Gasteiger partial charge in [-0.15, -0.1) is 11.3 Å². The van der Waals surface area contributed by atoms with Gasteiger partial charge >= 0.3 is 6.18 Å². The summed E-state index contributed by atoms with van der Waals surface area (Å²) in [6.45, 7) is 4.08. The first-order chi connectivity index (χ1) is 13.4. The molecule has 3 rings (SSSR count). The van der Waals surface area contributed by atoms with Crippen LogP contribution in [0.3, 0.4) is 0 Å². The molecule has 0 saturated carbocycles. The molecule has 0 fully saturated rings. The van der Waals surface area contributed by atoms with Crippen LogP contribution in [0.5, 0.6) is 0 Å². The largest absolute Gasteiger partial charge is 0.406 e. The smallest absolute Gasteiger partial charge is 0.333 e. The van der Waals surface area contributed by atoms with Crippen LogP contribution < -0.4 is 5.56 Å². The number of aryl methyl sites for hydroxylation is 3. The molecule has 5 nitrogen and oxygen atoms in total. The van der Waals surface area contributed by atoms with E-state index in [2.05, 4.69) is 4.98 Å². The van der Waals surface area contributed by atoms with Gasteiger partial charge in [0.1, 0.15) is 11.4 Å². The number of thiophene rings is 1. The van der Waals surface area contributed by atoms with Crippen molar-refractivity contribution in [1.82, 2.24) is 14.5 Å². The Labute approximate surface area is 171 Å². The second kappa shape index (κ2) is 8.08. The van der Waals surface area contributed by atoms with Crippen molar-refractivity contribution in [2.24, 2.45) is 5.41 Å². The molecule has 0 aliphatic heterocycles. The predicted octanol–water partition coefficient (Wildman–Crippen LogP) is 4.16. The predicted molar refractivity (Wildman–Crippen MR) is 107 cm³/mol. The van der Waals surface area contributed by atoms with Crippen molar-refractivity contribution in [1.29, 1.82) is 0 Å². The van der Waals surface area contributed by atoms with Gasteiger partial charge in [-0.25, -0.2) is 4.98 Å². The standard InChI is InChI=1S/C20H26F3N3O2S/c1-19(2,3)10-26(11-20(21,22)23)15(27)8-9-25-12-24-17-16(18(25)28)13-6-4-5-7-14(13)29-17/h12H,4-11H2,1-3H3. The minimum atomic E-state index is -4.46. The molecule has 0 radical (unpaired) electrons. The van der Waals surface area contributed by atoms with Gasteiger partial charge in [-0.1, -0.05) is 20.8 Å². The molecule has 0 atom stereocenters. The highest BCUT2D eigenvalue weighted by molar-refractivity contribution is 7.18. The fourth-order valence-electron chi connectivity index (χ4n) is 3.74. The number of hydrogen-bond donors (Lipinski definition) is 0. The quantitative estimate of drug-likeness (QED) is 0.717. The third-order valence-electron chi connectivity index (χ3n) is 4.90. The Hall–Kier alpha value is -1.90. The number of nitrogens with zero attached hydrogens (tertiary/aromatic N) is 3. The molecule has 0 aromatic carbocycles. The van der Waals surface area contributed by atoms with E-state index in [4.69, 9.17) is 0 Å². The van der Waals surface area contributed by atoms with E-state index in [9.17, 15) is 22.8 Å². The van der Waals surface area contributed by atoms with Crippen molar-refractivity contribution in [3.05, 3.63) is 27.1 Å². The topological polar surface area (TPSA) is 55.2 Å². The van der Waals surface area contributed by atoms with Gasteiger partial charge in [0.2, 0.25) is 5.91 Å². The second-order valence-corrected chi connectivity index (χ2v) is 9.89. The molecule has 0 N–H and O–H groups in total. The Morgan fingerprint density at radius 3 is 2.55 bits per heavy atom. The van der Waals surface area contributed by atoms with Gasteiger partial charge in [-0.3, -0.25) is 14.2 Å². The average molecular weight is 430 g/mol. The number of carbonyl (C=O) groups is 1. The van der Waals surface area contributed by atoms with Gasteiger partial charge in [-0.2, -0.15) is 13.2 Å². The Morgan fingerprint density at radius 2 is 1.90 bits per heavy atom. The minimum absolute atomic E-state index is 0.00440. The molecule has 0 saturated heterocycles. The van der Waals surface area contributed by atoms with E-state index in [-0.39, 0.29) is 25.1 Å². The molecule has 29 heavy (non-hydrogen) atoms. The Balaban J connectivity index is 1.78. The van der Waals surface area contributed by atoms with Gasteiger partial charge in [0, 0.05) is 24.4 Å². The minimum Gasteiger partial charge on any atom is -0.333 e. The molecule has 9 heteroatoms. The number of carbonyl (C=O) groups excluding carboxylic acids is 1. The summed E-state index contributed by atoms with van der Waals surface area (Å²) in [4.78, 5) is 32.6. The summed E-state index contributed by atoms with van der Waals surface area (Å²) in [6, 6.07) is 0. The van der Waals surface area contributed by atoms with Crippen molar-refractivity contribution >= 4 is 27.5 Å². The zero-order valence-electron chi connectivity index (χ0n) is 16.9. The molecular formula is C20H26F3N3O2S. The summed E-state index contributed by atoms with van der Waals surface area (Å²) in [5.41, 5.74) is 0.384. The molecule has 1 aliphatic rings. The van der Waals surface area contributed by atoms with Gasteiger partial charge < -0.3 is 4.90 Å². The highest BCUT2D eigenvalue weighted by Crippen LogP contribution is 2.33. The van der Waals surface area contributed by atoms with Crippen molar-refractivity contribution in [2.75, 3.05) is 13.1 Å². The fourth-order valence-corrected chi connectivity index (χ4v) is 4.96. The lowest BCUT2D eigenvalue weighted by Crippen LogP contribution is -2.43. The molecule has 0 bridgehead atoms. The van der Waals surface area contributed by atoms with E-state index in [1.165, 1.54) is 27.1 Å². The molecule has 2 aromatic heterocycles. The van der Waals surface area contributed by atoms with E-state index >= 15 is 0 Å². The van der Waals surface area contributed by atoms with E-state index in [1.807, 2.05) is 0 Å². The molecular weight excluding hydrogens is 403 g/mol. The average Bonchev–Trinajstić information content (AvgIpc) is 2.97. The van der Waals surface area contributed by atoms with Crippen molar-refractivity contribution in [2.45, 2.75) is 65.6 Å². The number of rotatable bonds is 5. The van der Waals surface area contributed by atoms with Crippen LogP contribution in [0.2, 0.25) is 0 Å². The lowest BCUT2D eigenvalue weighted by atomic mass is 9.96. The zero-order chi connectivity index (χ0) is 21.4. The highest BCUT2D eigenvalue weighted by atomic mass is 32.1. The molecule has 1 aliphatic carbocycles. The maximum Gasteiger partial charge on any atom is 0.406 e. The fraction of sp³-hybridized carbons (Fsp3) is 0.650. The van der Waals surface area contributed by atoms with E-state index < -0.39 is 24.0 Å². The summed E-state index contributed by atoms with van der Waals surface area (Å²) in [5.74, 6) is -0.614. The Kier molecular flexibility index (Phi) is 6.08. The number of fused-ring (bicyclic) bond motifs is 3. The summed E-state index contributed by atoms with van der Waals surface area (Å²) in [6.07, 6.45) is 0.696. The van der Waals surface area contributed by atoms with Gasteiger partial charge in [-0.05, 0) is 36.7 Å². The monoisotopic (exact) mass is 429 g/mol. The second-order valence-electron chi connectivity index (χ2n) is 8.81. The maximum atomic E-state index is 12.9. The van der Waals surface area contributed by atoms with Crippen molar-refractivity contribution < 1.29 is 18.0 Å². The van der Waals surface area contributed by atoms with Crippen molar-refractivity contribution in [3.63, 3.8) is 0 Å². The summed E-state index contributed by atoms with van der Waals surface area (Å²) in [7, 11) is 0. The van der Waals surface area contributed by atoms with Crippen LogP contribution in [0, 0.1) is 5.41 Å². The third kappa shape index (κ3) is 5.38. The van der Waals surface area contributed by atoms with Gasteiger partial charge in [0.15, 0.2) is 0 Å². The number of alkyl halides is 3. The SMILES string of the molecule is CC(C)(C)CN(CC(F)(F)F)C(=O)CCn1cnc2sc3c(c2c1=O)CCCC3. The van der Waals surface area contributed by atoms with E-state index in [0.29, 0.717) is 10.2 Å². The lowest BCUT2D eigenvalue weighted by molar-refractivity contribution is -0.163. The van der Waals surface area contributed by atoms with E-state index in [1.54, 1.807) is 20.8 Å².